The van der Waals surface area contributed by atoms with E-state index in [1.54, 1.807) is 54.0 Å². The molecule has 0 spiro atoms. The Bertz CT molecular complexity index is 1360. The standard InChI is InChI=1S/C24H19ClFN3O2S/c1-15-6-11-18(12-20(15)26)27-22(30)14-32-24-28-21-5-3-2-4-19(21)23(31)29(24)13-16-7-9-17(25)10-8-16/h2-12H,13-14H2,1H3,(H,27,30). The minimum atomic E-state index is -0.386. The number of rotatable bonds is 6. The summed E-state index contributed by atoms with van der Waals surface area (Å²) in [4.78, 5) is 30.2. The molecule has 0 aliphatic heterocycles. The number of aryl methyl sites for hydroxylation is 1. The average molecular weight is 468 g/mol. The van der Waals surface area contributed by atoms with Gasteiger partial charge in [-0.1, -0.05) is 53.7 Å². The maximum atomic E-state index is 13.7. The number of carbonyl (C=O) groups excluding carboxylic acids is 1. The highest BCUT2D eigenvalue weighted by Crippen LogP contribution is 2.21. The zero-order chi connectivity index (χ0) is 22.7. The van der Waals surface area contributed by atoms with Gasteiger partial charge in [-0.2, -0.15) is 0 Å². The summed E-state index contributed by atoms with van der Waals surface area (Å²) >= 11 is 7.12. The number of amides is 1. The van der Waals surface area contributed by atoms with Crippen molar-refractivity contribution in [2.45, 2.75) is 18.6 Å². The summed E-state index contributed by atoms with van der Waals surface area (Å²) in [6.07, 6.45) is 0. The van der Waals surface area contributed by atoms with Crippen LogP contribution in [0.25, 0.3) is 10.9 Å². The Labute approximate surface area is 193 Å². The molecule has 4 rings (SSSR count). The van der Waals surface area contributed by atoms with Crippen molar-refractivity contribution < 1.29 is 9.18 Å². The number of nitrogens with zero attached hydrogens (tertiary/aromatic N) is 2. The molecule has 0 bridgehead atoms. The third kappa shape index (κ3) is 5.00. The molecule has 0 aliphatic rings. The van der Waals surface area contributed by atoms with Crippen molar-refractivity contribution in [3.8, 4) is 0 Å². The first kappa shape index (κ1) is 22.0. The molecule has 4 aromatic rings. The Morgan fingerprint density at radius 1 is 1.12 bits per heavy atom. The maximum absolute atomic E-state index is 13.7. The lowest BCUT2D eigenvalue weighted by atomic mass is 10.2. The molecule has 3 aromatic carbocycles. The molecule has 0 saturated carbocycles. The number of fused-ring (bicyclic) bond motifs is 1. The second kappa shape index (κ2) is 9.54. The number of hydrogen-bond donors (Lipinski definition) is 1. The molecular formula is C24H19ClFN3O2S. The van der Waals surface area contributed by atoms with Crippen LogP contribution >= 0.6 is 23.4 Å². The van der Waals surface area contributed by atoms with Gasteiger partial charge in [0.25, 0.3) is 5.56 Å². The summed E-state index contributed by atoms with van der Waals surface area (Å²) in [6.45, 7) is 1.95. The maximum Gasteiger partial charge on any atom is 0.262 e. The van der Waals surface area contributed by atoms with Gasteiger partial charge in [0.15, 0.2) is 5.16 Å². The van der Waals surface area contributed by atoms with Crippen LogP contribution in [0.1, 0.15) is 11.1 Å². The number of halogens is 2. The van der Waals surface area contributed by atoms with Crippen molar-refractivity contribution in [1.82, 2.24) is 9.55 Å². The molecule has 0 aliphatic carbocycles. The summed E-state index contributed by atoms with van der Waals surface area (Å²) in [5.41, 5.74) is 2.14. The van der Waals surface area contributed by atoms with Gasteiger partial charge in [-0.25, -0.2) is 9.37 Å². The molecule has 8 heteroatoms. The van der Waals surface area contributed by atoms with E-state index in [1.807, 2.05) is 18.2 Å². The lowest BCUT2D eigenvalue weighted by Crippen LogP contribution is -2.25. The highest BCUT2D eigenvalue weighted by molar-refractivity contribution is 7.99. The fourth-order valence-electron chi connectivity index (χ4n) is 3.17. The highest BCUT2D eigenvalue weighted by atomic mass is 35.5. The molecule has 1 amide bonds. The molecule has 0 unspecified atom stereocenters. The first-order chi connectivity index (χ1) is 15.4. The van der Waals surface area contributed by atoms with Crippen molar-refractivity contribution in [3.63, 3.8) is 0 Å². The van der Waals surface area contributed by atoms with Gasteiger partial charge in [0, 0.05) is 10.7 Å². The SMILES string of the molecule is Cc1ccc(NC(=O)CSc2nc3ccccc3c(=O)n2Cc2ccc(Cl)cc2)cc1F. The van der Waals surface area contributed by atoms with Gasteiger partial charge >= 0.3 is 0 Å². The van der Waals surface area contributed by atoms with Gasteiger partial charge in [-0.15, -0.1) is 0 Å². The average Bonchev–Trinajstić information content (AvgIpc) is 2.78. The first-order valence-electron chi connectivity index (χ1n) is 9.83. The zero-order valence-corrected chi connectivity index (χ0v) is 18.7. The topological polar surface area (TPSA) is 64.0 Å². The molecule has 32 heavy (non-hydrogen) atoms. The third-order valence-corrected chi connectivity index (χ3v) is 6.10. The van der Waals surface area contributed by atoms with Crippen LogP contribution in [0.3, 0.4) is 0 Å². The molecule has 1 aromatic heterocycles. The predicted molar refractivity (Wildman–Crippen MR) is 127 cm³/mol. The Kier molecular flexibility index (Phi) is 6.58. The number of nitrogens with one attached hydrogen (secondary N) is 1. The van der Waals surface area contributed by atoms with Crippen molar-refractivity contribution in [3.05, 3.63) is 99.1 Å². The van der Waals surface area contributed by atoms with E-state index < -0.39 is 0 Å². The molecule has 162 valence electrons. The van der Waals surface area contributed by atoms with Crippen LogP contribution in [0.5, 0.6) is 0 Å². The van der Waals surface area contributed by atoms with E-state index in [9.17, 15) is 14.0 Å². The normalized spacial score (nSPS) is 11.0. The van der Waals surface area contributed by atoms with Gasteiger partial charge in [0.2, 0.25) is 5.91 Å². The zero-order valence-electron chi connectivity index (χ0n) is 17.1. The summed E-state index contributed by atoms with van der Waals surface area (Å²) < 4.78 is 15.3. The molecule has 0 fully saturated rings. The molecule has 0 radical (unpaired) electrons. The van der Waals surface area contributed by atoms with E-state index in [2.05, 4.69) is 10.3 Å². The Morgan fingerprint density at radius 2 is 1.88 bits per heavy atom. The van der Waals surface area contributed by atoms with Gasteiger partial charge in [-0.3, -0.25) is 14.2 Å². The lowest BCUT2D eigenvalue weighted by molar-refractivity contribution is -0.113. The van der Waals surface area contributed by atoms with E-state index in [0.29, 0.717) is 38.9 Å². The second-order valence-electron chi connectivity index (χ2n) is 7.23. The van der Waals surface area contributed by atoms with Crippen LogP contribution in [0.15, 0.2) is 76.7 Å². The second-order valence-corrected chi connectivity index (χ2v) is 8.61. The molecule has 0 atom stereocenters. The Balaban J connectivity index is 1.60. The van der Waals surface area contributed by atoms with Crippen LogP contribution in [0, 0.1) is 12.7 Å². The number of carbonyl (C=O) groups is 1. The number of anilines is 1. The summed E-state index contributed by atoms with van der Waals surface area (Å²) in [5, 5.41) is 4.22. The van der Waals surface area contributed by atoms with E-state index >= 15 is 0 Å². The largest absolute Gasteiger partial charge is 0.325 e. The molecular weight excluding hydrogens is 449 g/mol. The van der Waals surface area contributed by atoms with Crippen LogP contribution in [-0.2, 0) is 11.3 Å². The van der Waals surface area contributed by atoms with Crippen LogP contribution in [0.4, 0.5) is 10.1 Å². The number of para-hydroxylation sites is 1. The summed E-state index contributed by atoms with van der Waals surface area (Å²) in [7, 11) is 0. The molecule has 0 saturated heterocycles. The molecule has 1 N–H and O–H groups in total. The fraction of sp³-hybridized carbons (Fsp3) is 0.125. The van der Waals surface area contributed by atoms with Gasteiger partial charge < -0.3 is 5.32 Å². The van der Waals surface area contributed by atoms with Crippen LogP contribution < -0.4 is 10.9 Å². The molecule has 1 heterocycles. The van der Waals surface area contributed by atoms with E-state index in [1.165, 1.54) is 6.07 Å². The number of hydrogen-bond acceptors (Lipinski definition) is 4. The number of benzene rings is 3. The monoisotopic (exact) mass is 467 g/mol. The highest BCUT2D eigenvalue weighted by Gasteiger charge is 2.14. The summed E-state index contributed by atoms with van der Waals surface area (Å²) in [5.74, 6) is -0.692. The van der Waals surface area contributed by atoms with Gasteiger partial charge in [0.05, 0.1) is 23.2 Å². The minimum absolute atomic E-state index is 0.0148. The van der Waals surface area contributed by atoms with Gasteiger partial charge in [0.1, 0.15) is 5.82 Å². The van der Waals surface area contributed by atoms with Crippen LogP contribution in [-0.4, -0.2) is 21.2 Å². The van der Waals surface area contributed by atoms with Crippen molar-refractivity contribution >= 4 is 45.9 Å². The minimum Gasteiger partial charge on any atom is -0.325 e. The Morgan fingerprint density at radius 3 is 2.62 bits per heavy atom. The lowest BCUT2D eigenvalue weighted by Gasteiger charge is -2.13. The fourth-order valence-corrected chi connectivity index (χ4v) is 4.09. The number of aromatic nitrogens is 2. The van der Waals surface area contributed by atoms with E-state index in [0.717, 1.165) is 17.3 Å². The van der Waals surface area contributed by atoms with Crippen molar-refractivity contribution in [1.29, 1.82) is 0 Å². The van der Waals surface area contributed by atoms with Crippen molar-refractivity contribution in [2.24, 2.45) is 0 Å². The first-order valence-corrected chi connectivity index (χ1v) is 11.2. The van der Waals surface area contributed by atoms with E-state index in [4.69, 9.17) is 11.6 Å². The van der Waals surface area contributed by atoms with E-state index in [-0.39, 0.29) is 23.0 Å². The predicted octanol–water partition coefficient (Wildman–Crippen LogP) is 5.28. The number of thioether (sulfide) groups is 1. The Hall–Kier alpha value is -3.16. The smallest absolute Gasteiger partial charge is 0.262 e. The quantitative estimate of drug-likeness (QED) is 0.309. The molecule has 5 nitrogen and oxygen atoms in total. The van der Waals surface area contributed by atoms with Crippen molar-refractivity contribution in [2.75, 3.05) is 11.1 Å². The van der Waals surface area contributed by atoms with Crippen LogP contribution in [0.2, 0.25) is 5.02 Å². The third-order valence-electron chi connectivity index (χ3n) is 4.87. The summed E-state index contributed by atoms with van der Waals surface area (Å²) in [6, 6.07) is 18.8. The van der Waals surface area contributed by atoms with Gasteiger partial charge in [-0.05, 0) is 54.4 Å².